The number of carbonyl (C=O) groups is 1. The van der Waals surface area contributed by atoms with Crippen molar-refractivity contribution in [3.05, 3.63) is 0 Å². The molecule has 0 radical (unpaired) electrons. The van der Waals surface area contributed by atoms with E-state index in [0.29, 0.717) is 13.1 Å². The van der Waals surface area contributed by atoms with Crippen molar-refractivity contribution in [2.75, 3.05) is 32.6 Å². The fourth-order valence-corrected chi connectivity index (χ4v) is 1.99. The van der Waals surface area contributed by atoms with Gasteiger partial charge in [-0.1, -0.05) is 0 Å². The third-order valence-corrected chi connectivity index (χ3v) is 3.05. The first kappa shape index (κ1) is 15.2. The first-order valence-corrected chi connectivity index (χ1v) is 7.64. The smallest absolute Gasteiger partial charge is 0.409 e. The van der Waals surface area contributed by atoms with E-state index in [0.717, 1.165) is 25.5 Å². The molecule has 1 amide bonds. The lowest BCUT2D eigenvalue weighted by atomic mass is 10.1. The van der Waals surface area contributed by atoms with Crippen LogP contribution in [0.3, 0.4) is 0 Å². The quantitative estimate of drug-likeness (QED) is 0.710. The highest BCUT2D eigenvalue weighted by atomic mass is 32.2. The number of amides is 1. The Morgan fingerprint density at radius 1 is 1.28 bits per heavy atom. The van der Waals surface area contributed by atoms with Crippen LogP contribution in [0, 0.1) is 0 Å². The Balaban J connectivity index is 2.20. The van der Waals surface area contributed by atoms with Crippen LogP contribution in [0.2, 0.25) is 0 Å². The first-order valence-electron chi connectivity index (χ1n) is 5.82. The molecule has 8 heteroatoms. The van der Waals surface area contributed by atoms with Crippen LogP contribution in [0.25, 0.3) is 0 Å². The van der Waals surface area contributed by atoms with Gasteiger partial charge in [0.15, 0.2) is 0 Å². The molecule has 1 aliphatic heterocycles. The van der Waals surface area contributed by atoms with Gasteiger partial charge in [0.1, 0.15) is 12.7 Å². The topological polar surface area (TPSA) is 93.1 Å². The number of hydrogen-bond acceptors (Lipinski definition) is 6. The maximum absolute atomic E-state index is 11.5. The summed E-state index contributed by atoms with van der Waals surface area (Å²) in [7, 11) is -3.59. The van der Waals surface area contributed by atoms with Crippen molar-refractivity contribution in [2.24, 2.45) is 0 Å². The van der Waals surface area contributed by atoms with Crippen molar-refractivity contribution in [1.82, 2.24) is 4.90 Å². The molecule has 1 saturated heterocycles. The van der Waals surface area contributed by atoms with Gasteiger partial charge in [0.25, 0.3) is 10.1 Å². The van der Waals surface area contributed by atoms with Gasteiger partial charge >= 0.3 is 6.09 Å². The van der Waals surface area contributed by atoms with E-state index < -0.39 is 28.9 Å². The molecule has 0 bridgehead atoms. The molecule has 1 rings (SSSR count). The maximum atomic E-state index is 11.5. The van der Waals surface area contributed by atoms with E-state index in [9.17, 15) is 18.3 Å². The summed E-state index contributed by atoms with van der Waals surface area (Å²) in [5, 5.41) is 9.37. The van der Waals surface area contributed by atoms with Crippen molar-refractivity contribution in [1.29, 1.82) is 0 Å². The number of aliphatic hydroxyl groups is 1. The molecule has 1 unspecified atom stereocenters. The van der Waals surface area contributed by atoms with Gasteiger partial charge in [-0.2, -0.15) is 8.42 Å². The Labute approximate surface area is 107 Å². The SMILES string of the molecule is CS(=O)(=O)OCC(O)COC(=O)N1CCCCC1. The molecule has 0 saturated carbocycles. The third-order valence-electron chi connectivity index (χ3n) is 2.49. The molecule has 0 aliphatic carbocycles. The van der Waals surface area contributed by atoms with Crippen molar-refractivity contribution >= 4 is 16.2 Å². The van der Waals surface area contributed by atoms with E-state index in [1.54, 1.807) is 4.90 Å². The van der Waals surface area contributed by atoms with Crippen LogP contribution in [0.4, 0.5) is 4.79 Å². The average molecular weight is 281 g/mol. The Bertz CT molecular complexity index is 363. The third kappa shape index (κ3) is 6.18. The van der Waals surface area contributed by atoms with Crippen molar-refractivity contribution < 1.29 is 27.2 Å². The van der Waals surface area contributed by atoms with Crippen LogP contribution in [0.1, 0.15) is 19.3 Å². The molecule has 7 nitrogen and oxygen atoms in total. The number of likely N-dealkylation sites (tertiary alicyclic amines) is 1. The van der Waals surface area contributed by atoms with Crippen LogP contribution < -0.4 is 0 Å². The fourth-order valence-electron chi connectivity index (χ4n) is 1.59. The predicted molar refractivity (Wildman–Crippen MR) is 63.6 cm³/mol. The summed E-state index contributed by atoms with van der Waals surface area (Å²) in [5.74, 6) is 0. The lowest BCUT2D eigenvalue weighted by Gasteiger charge is -2.26. The second-order valence-electron chi connectivity index (χ2n) is 4.27. The Kier molecular flexibility index (Phi) is 5.83. The molecule has 106 valence electrons. The second kappa shape index (κ2) is 6.91. The number of carbonyl (C=O) groups excluding carboxylic acids is 1. The number of hydrogen-bond donors (Lipinski definition) is 1. The number of nitrogens with zero attached hydrogens (tertiary/aromatic N) is 1. The number of ether oxygens (including phenoxy) is 1. The molecule has 0 spiro atoms. The van der Waals surface area contributed by atoms with Crippen molar-refractivity contribution in [3.63, 3.8) is 0 Å². The zero-order valence-electron chi connectivity index (χ0n) is 10.4. The summed E-state index contributed by atoms with van der Waals surface area (Å²) >= 11 is 0. The van der Waals surface area contributed by atoms with Crippen LogP contribution in [-0.2, 0) is 19.0 Å². The van der Waals surface area contributed by atoms with Gasteiger partial charge in [-0.25, -0.2) is 4.79 Å². The Morgan fingerprint density at radius 3 is 2.44 bits per heavy atom. The first-order chi connectivity index (χ1) is 8.38. The fraction of sp³-hybridized carbons (Fsp3) is 0.900. The van der Waals surface area contributed by atoms with Crippen molar-refractivity contribution in [2.45, 2.75) is 25.4 Å². The van der Waals surface area contributed by atoms with Gasteiger partial charge < -0.3 is 14.7 Å². The van der Waals surface area contributed by atoms with Gasteiger partial charge in [0, 0.05) is 13.1 Å². The van der Waals surface area contributed by atoms with Gasteiger partial charge in [0.2, 0.25) is 0 Å². The molecule has 1 fully saturated rings. The lowest BCUT2D eigenvalue weighted by Crippen LogP contribution is -2.37. The monoisotopic (exact) mass is 281 g/mol. The number of aliphatic hydroxyl groups excluding tert-OH is 1. The van der Waals surface area contributed by atoms with E-state index in [1.807, 2.05) is 0 Å². The van der Waals surface area contributed by atoms with Gasteiger partial charge in [-0.3, -0.25) is 4.18 Å². The van der Waals surface area contributed by atoms with Gasteiger partial charge in [0.05, 0.1) is 12.9 Å². The molecule has 18 heavy (non-hydrogen) atoms. The van der Waals surface area contributed by atoms with Gasteiger partial charge in [-0.05, 0) is 19.3 Å². The molecule has 1 aliphatic rings. The highest BCUT2D eigenvalue weighted by Crippen LogP contribution is 2.09. The minimum absolute atomic E-state index is 0.273. The summed E-state index contributed by atoms with van der Waals surface area (Å²) in [5.41, 5.74) is 0. The standard InChI is InChI=1S/C10H19NO6S/c1-18(14,15)17-8-9(12)7-16-10(13)11-5-3-2-4-6-11/h9,12H,2-8H2,1H3. The molecule has 0 aromatic rings. The molecule has 1 heterocycles. The zero-order valence-corrected chi connectivity index (χ0v) is 11.2. The largest absolute Gasteiger partial charge is 0.447 e. The Morgan fingerprint density at radius 2 is 1.89 bits per heavy atom. The summed E-state index contributed by atoms with van der Waals surface area (Å²) in [6.07, 6.45) is 2.28. The molecular formula is C10H19NO6S. The van der Waals surface area contributed by atoms with E-state index in [2.05, 4.69) is 4.18 Å². The van der Waals surface area contributed by atoms with Crippen LogP contribution >= 0.6 is 0 Å². The van der Waals surface area contributed by atoms with Crippen molar-refractivity contribution in [3.8, 4) is 0 Å². The van der Waals surface area contributed by atoms with Gasteiger partial charge in [-0.15, -0.1) is 0 Å². The molecule has 1 N–H and O–H groups in total. The summed E-state index contributed by atoms with van der Waals surface area (Å²) in [6, 6.07) is 0. The highest BCUT2D eigenvalue weighted by molar-refractivity contribution is 7.85. The van der Waals surface area contributed by atoms with Crippen LogP contribution in [-0.4, -0.2) is 63.2 Å². The summed E-state index contributed by atoms with van der Waals surface area (Å²) < 4.78 is 30.6. The lowest BCUT2D eigenvalue weighted by molar-refractivity contribution is 0.0250. The molecule has 0 aromatic carbocycles. The normalized spacial score (nSPS) is 18.4. The molecule has 1 atom stereocenters. The number of piperidine rings is 1. The van der Waals surface area contributed by atoms with Crippen LogP contribution in [0.15, 0.2) is 0 Å². The summed E-state index contributed by atoms with van der Waals surface area (Å²) in [6.45, 7) is 0.639. The minimum atomic E-state index is -3.59. The van der Waals surface area contributed by atoms with E-state index >= 15 is 0 Å². The van der Waals surface area contributed by atoms with E-state index in [1.165, 1.54) is 0 Å². The zero-order chi connectivity index (χ0) is 13.6. The molecule has 0 aromatic heterocycles. The maximum Gasteiger partial charge on any atom is 0.409 e. The average Bonchev–Trinajstić information content (AvgIpc) is 2.33. The summed E-state index contributed by atoms with van der Waals surface area (Å²) in [4.78, 5) is 13.1. The predicted octanol–water partition coefficient (Wildman–Crippen LogP) is -0.0540. The van der Waals surface area contributed by atoms with Crippen LogP contribution in [0.5, 0.6) is 0 Å². The van der Waals surface area contributed by atoms with E-state index in [4.69, 9.17) is 4.74 Å². The Hall–Kier alpha value is -0.860. The second-order valence-corrected chi connectivity index (χ2v) is 5.91. The van der Waals surface area contributed by atoms with E-state index in [-0.39, 0.29) is 6.61 Å². The number of rotatable bonds is 5. The highest BCUT2D eigenvalue weighted by Gasteiger charge is 2.19. The minimum Gasteiger partial charge on any atom is -0.447 e. The molecular weight excluding hydrogens is 262 g/mol.